The molecule has 2 aromatic heterocycles. The third-order valence-corrected chi connectivity index (χ3v) is 7.13. The average molecular weight is 504 g/mol. The van der Waals surface area contributed by atoms with Gasteiger partial charge in [-0.05, 0) is 63.9 Å². The molecule has 36 heavy (non-hydrogen) atoms. The number of carbonyl (C=O) groups excluding carboxylic acids is 2. The third kappa shape index (κ3) is 5.11. The first-order valence-corrected chi connectivity index (χ1v) is 12.8. The normalized spacial score (nSPS) is 15.9. The molecule has 4 aromatic rings. The highest BCUT2D eigenvalue weighted by atomic mass is 32.1. The van der Waals surface area contributed by atoms with E-state index in [0.29, 0.717) is 30.3 Å². The van der Waals surface area contributed by atoms with Gasteiger partial charge in [0.05, 0.1) is 16.4 Å². The van der Waals surface area contributed by atoms with E-state index < -0.39 is 11.7 Å². The summed E-state index contributed by atoms with van der Waals surface area (Å²) in [7, 11) is 0. The molecule has 2 amide bonds. The van der Waals surface area contributed by atoms with Crippen LogP contribution in [-0.2, 0) is 4.74 Å². The molecule has 2 aromatic carbocycles. The van der Waals surface area contributed by atoms with Gasteiger partial charge in [0.25, 0.3) is 5.91 Å². The van der Waals surface area contributed by atoms with Crippen molar-refractivity contribution in [2.24, 2.45) is 0 Å². The first-order chi connectivity index (χ1) is 17.2. The zero-order valence-corrected chi connectivity index (χ0v) is 21.6. The predicted octanol–water partition coefficient (Wildman–Crippen LogP) is 5.64. The number of thiophene rings is 1. The number of aryl methyl sites for hydroxylation is 1. The van der Waals surface area contributed by atoms with Crippen molar-refractivity contribution in [2.45, 2.75) is 45.8 Å². The molecule has 8 nitrogen and oxygen atoms in total. The molecule has 0 saturated carbocycles. The second-order valence-electron chi connectivity index (χ2n) is 10.0. The van der Waals surface area contributed by atoms with Gasteiger partial charge >= 0.3 is 6.09 Å². The number of ether oxygens (including phenoxy) is 1. The molecule has 5 rings (SSSR count). The van der Waals surface area contributed by atoms with E-state index in [1.54, 1.807) is 11.1 Å². The molecule has 1 unspecified atom stereocenters. The summed E-state index contributed by atoms with van der Waals surface area (Å²) in [6.07, 6.45) is 2.04. The Morgan fingerprint density at radius 3 is 2.75 bits per heavy atom. The van der Waals surface area contributed by atoms with Gasteiger partial charge in [-0.2, -0.15) is 0 Å². The number of anilines is 2. The number of alkyl carbamates (subject to hydrolysis) is 1. The van der Waals surface area contributed by atoms with Crippen LogP contribution in [0.2, 0.25) is 0 Å². The number of fused-ring (bicyclic) bond motifs is 3. The number of likely N-dealkylation sites (tertiary alicyclic amines) is 1. The topological polar surface area (TPSA) is 96.5 Å². The van der Waals surface area contributed by atoms with Crippen LogP contribution in [0.1, 0.15) is 42.4 Å². The van der Waals surface area contributed by atoms with E-state index in [9.17, 15) is 9.59 Å². The van der Waals surface area contributed by atoms with E-state index in [4.69, 9.17) is 9.72 Å². The van der Waals surface area contributed by atoms with Crippen molar-refractivity contribution >= 4 is 56.0 Å². The Morgan fingerprint density at radius 2 is 1.97 bits per heavy atom. The molecule has 9 heteroatoms. The van der Waals surface area contributed by atoms with E-state index in [0.717, 1.165) is 32.2 Å². The van der Waals surface area contributed by atoms with Crippen LogP contribution in [0, 0.1) is 6.92 Å². The molecule has 1 fully saturated rings. The number of benzene rings is 2. The number of aromatic nitrogens is 2. The SMILES string of the molecule is Cc1ccccc1Nc1ncc2ccc3sc(C(=O)N4CCC(NC(=O)OC(C)(C)C)C4)cc3c2n1. The molecule has 186 valence electrons. The lowest BCUT2D eigenvalue weighted by Crippen LogP contribution is -2.41. The smallest absolute Gasteiger partial charge is 0.407 e. The van der Waals surface area contributed by atoms with Crippen LogP contribution >= 0.6 is 11.3 Å². The lowest BCUT2D eigenvalue weighted by molar-refractivity contribution is 0.0502. The van der Waals surface area contributed by atoms with Gasteiger partial charge in [-0.1, -0.05) is 18.2 Å². The molecule has 0 aliphatic carbocycles. The molecule has 1 saturated heterocycles. The Labute approximate surface area is 213 Å². The number of para-hydroxylation sites is 1. The standard InChI is InChI=1S/C27H29N5O3S/c1-16-7-5-6-8-20(16)30-25-28-14-17-9-10-21-19(23(17)31-25)13-22(36-21)24(33)32-12-11-18(15-32)29-26(34)35-27(2,3)4/h5-10,13-14,18H,11-12,15H2,1-4H3,(H,29,34)(H,28,30,31). The fourth-order valence-electron chi connectivity index (χ4n) is 4.30. The van der Waals surface area contributed by atoms with Gasteiger partial charge in [-0.15, -0.1) is 11.3 Å². The van der Waals surface area contributed by atoms with E-state index in [1.807, 2.05) is 70.2 Å². The van der Waals surface area contributed by atoms with Gasteiger partial charge in [0.15, 0.2) is 0 Å². The van der Waals surface area contributed by atoms with Crippen molar-refractivity contribution in [3.8, 4) is 0 Å². The minimum absolute atomic E-state index is 0.0369. The molecular formula is C27H29N5O3S. The maximum absolute atomic E-state index is 13.3. The van der Waals surface area contributed by atoms with Crippen LogP contribution in [0.3, 0.4) is 0 Å². The van der Waals surface area contributed by atoms with E-state index in [2.05, 4.69) is 15.6 Å². The molecule has 3 heterocycles. The molecule has 0 radical (unpaired) electrons. The summed E-state index contributed by atoms with van der Waals surface area (Å²) in [6, 6.07) is 13.8. The third-order valence-electron chi connectivity index (χ3n) is 6.05. The number of hydrogen-bond donors (Lipinski definition) is 2. The van der Waals surface area contributed by atoms with Crippen molar-refractivity contribution in [1.29, 1.82) is 0 Å². The highest BCUT2D eigenvalue weighted by molar-refractivity contribution is 7.21. The zero-order chi connectivity index (χ0) is 25.4. The second-order valence-corrected chi connectivity index (χ2v) is 11.1. The minimum Gasteiger partial charge on any atom is -0.444 e. The number of rotatable bonds is 4. The predicted molar refractivity (Wildman–Crippen MR) is 143 cm³/mol. The maximum atomic E-state index is 13.3. The summed E-state index contributed by atoms with van der Waals surface area (Å²) in [6.45, 7) is 8.56. The first kappa shape index (κ1) is 24.0. The fourth-order valence-corrected chi connectivity index (χ4v) is 5.33. The Morgan fingerprint density at radius 1 is 1.17 bits per heavy atom. The van der Waals surface area contributed by atoms with Crippen molar-refractivity contribution < 1.29 is 14.3 Å². The van der Waals surface area contributed by atoms with Gasteiger partial charge < -0.3 is 20.3 Å². The highest BCUT2D eigenvalue weighted by Gasteiger charge is 2.30. The average Bonchev–Trinajstić information content (AvgIpc) is 3.46. The molecule has 1 atom stereocenters. The van der Waals surface area contributed by atoms with Crippen molar-refractivity contribution in [3.63, 3.8) is 0 Å². The molecule has 1 aliphatic heterocycles. The lowest BCUT2D eigenvalue weighted by Gasteiger charge is -2.22. The molecular weight excluding hydrogens is 474 g/mol. The van der Waals surface area contributed by atoms with E-state index in [-0.39, 0.29) is 11.9 Å². The number of hydrogen-bond acceptors (Lipinski definition) is 7. The molecule has 1 aliphatic rings. The van der Waals surface area contributed by atoms with Gasteiger partial charge in [0.2, 0.25) is 5.95 Å². The molecule has 0 bridgehead atoms. The Kier molecular flexibility index (Phi) is 6.26. The van der Waals surface area contributed by atoms with Crippen LogP contribution in [0.25, 0.3) is 21.0 Å². The van der Waals surface area contributed by atoms with Gasteiger partial charge in [-0.3, -0.25) is 4.79 Å². The minimum atomic E-state index is -0.559. The Balaban J connectivity index is 1.35. The van der Waals surface area contributed by atoms with E-state index in [1.165, 1.54) is 11.3 Å². The number of nitrogens with one attached hydrogen (secondary N) is 2. The summed E-state index contributed by atoms with van der Waals surface area (Å²) in [5.41, 5.74) is 2.30. The second kappa shape index (κ2) is 9.39. The first-order valence-electron chi connectivity index (χ1n) is 12.0. The van der Waals surface area contributed by atoms with Crippen LogP contribution in [-0.4, -0.2) is 51.6 Å². The summed E-state index contributed by atoms with van der Waals surface area (Å²) in [5.74, 6) is 0.476. The highest BCUT2D eigenvalue weighted by Crippen LogP contribution is 2.33. The van der Waals surface area contributed by atoms with Gasteiger partial charge in [0, 0.05) is 40.4 Å². The summed E-state index contributed by atoms with van der Waals surface area (Å²) >= 11 is 1.46. The quantitative estimate of drug-likeness (QED) is 0.374. The van der Waals surface area contributed by atoms with E-state index >= 15 is 0 Å². The number of amides is 2. The van der Waals surface area contributed by atoms with Crippen LogP contribution < -0.4 is 10.6 Å². The van der Waals surface area contributed by atoms with Crippen molar-refractivity contribution in [1.82, 2.24) is 20.2 Å². The number of carbonyl (C=O) groups is 2. The Hall–Kier alpha value is -3.72. The summed E-state index contributed by atoms with van der Waals surface area (Å²) < 4.78 is 6.34. The van der Waals surface area contributed by atoms with Gasteiger partial charge in [0.1, 0.15) is 5.60 Å². The molecule has 0 spiro atoms. The summed E-state index contributed by atoms with van der Waals surface area (Å²) in [4.78, 5) is 37.1. The maximum Gasteiger partial charge on any atom is 0.407 e. The zero-order valence-electron chi connectivity index (χ0n) is 20.8. The lowest BCUT2D eigenvalue weighted by atomic mass is 10.1. The largest absolute Gasteiger partial charge is 0.444 e. The number of nitrogens with zero attached hydrogens (tertiary/aromatic N) is 3. The van der Waals surface area contributed by atoms with Gasteiger partial charge in [-0.25, -0.2) is 14.8 Å². The monoisotopic (exact) mass is 503 g/mol. The van der Waals surface area contributed by atoms with Crippen LogP contribution in [0.4, 0.5) is 16.4 Å². The van der Waals surface area contributed by atoms with Crippen LogP contribution in [0.15, 0.2) is 48.7 Å². The fraction of sp³-hybridized carbons (Fsp3) is 0.333. The Bertz CT molecular complexity index is 1460. The molecule has 2 N–H and O–H groups in total. The van der Waals surface area contributed by atoms with Crippen LogP contribution in [0.5, 0.6) is 0 Å². The van der Waals surface area contributed by atoms with Crippen molar-refractivity contribution in [3.05, 3.63) is 59.1 Å². The van der Waals surface area contributed by atoms with Crippen molar-refractivity contribution in [2.75, 3.05) is 18.4 Å². The summed E-state index contributed by atoms with van der Waals surface area (Å²) in [5, 5.41) is 8.02.